The fourth-order valence-corrected chi connectivity index (χ4v) is 2.32. The molecule has 19 heavy (non-hydrogen) atoms. The van der Waals surface area contributed by atoms with Gasteiger partial charge in [0.1, 0.15) is 18.2 Å². The van der Waals surface area contributed by atoms with Crippen LogP contribution in [-0.2, 0) is 22.0 Å². The van der Waals surface area contributed by atoms with Crippen LogP contribution in [0.5, 0.6) is 0 Å². The first-order chi connectivity index (χ1) is 9.06. The summed E-state index contributed by atoms with van der Waals surface area (Å²) in [6.07, 6.45) is 0. The van der Waals surface area contributed by atoms with Crippen molar-refractivity contribution >= 4 is 44.5 Å². The van der Waals surface area contributed by atoms with Gasteiger partial charge in [0.15, 0.2) is 0 Å². The van der Waals surface area contributed by atoms with E-state index < -0.39 is 5.82 Å². The van der Waals surface area contributed by atoms with Gasteiger partial charge < -0.3 is 9.30 Å². The summed E-state index contributed by atoms with van der Waals surface area (Å²) in [4.78, 5) is 15.8. The zero-order valence-electron chi connectivity index (χ0n) is 10.1. The van der Waals surface area contributed by atoms with E-state index in [1.54, 1.807) is 17.6 Å². The SMILES string of the molecule is CCOC(=O)Cn1c(CCl)nc2cc(F)c(Br)cc21. The Bertz CT molecular complexity index is 630. The van der Waals surface area contributed by atoms with Crippen LogP contribution >= 0.6 is 27.5 Å². The number of carbonyl (C=O) groups excluding carboxylic acids is 1. The summed E-state index contributed by atoms with van der Waals surface area (Å²) in [6.45, 7) is 2.04. The van der Waals surface area contributed by atoms with Gasteiger partial charge in [0.25, 0.3) is 0 Å². The predicted octanol–water partition coefficient (Wildman–Crippen LogP) is 3.24. The van der Waals surface area contributed by atoms with Gasteiger partial charge in [-0.3, -0.25) is 4.79 Å². The number of benzene rings is 1. The molecule has 0 atom stereocenters. The van der Waals surface area contributed by atoms with Gasteiger partial charge in [-0.15, -0.1) is 11.6 Å². The molecule has 0 aliphatic heterocycles. The van der Waals surface area contributed by atoms with E-state index >= 15 is 0 Å². The quantitative estimate of drug-likeness (QED) is 0.629. The van der Waals surface area contributed by atoms with Gasteiger partial charge in [-0.25, -0.2) is 9.37 Å². The molecule has 2 aromatic rings. The Labute approximate surface area is 122 Å². The lowest BCUT2D eigenvalue weighted by Gasteiger charge is -2.07. The molecule has 0 aliphatic rings. The van der Waals surface area contributed by atoms with Crippen LogP contribution in [-0.4, -0.2) is 22.1 Å². The zero-order chi connectivity index (χ0) is 14.0. The summed E-state index contributed by atoms with van der Waals surface area (Å²) in [5, 5.41) is 0. The lowest BCUT2D eigenvalue weighted by atomic mass is 10.3. The van der Waals surface area contributed by atoms with Crippen LogP contribution in [0, 0.1) is 5.82 Å². The third-order valence-electron chi connectivity index (χ3n) is 2.58. The van der Waals surface area contributed by atoms with Crippen LogP contribution in [0.25, 0.3) is 11.0 Å². The molecule has 4 nitrogen and oxygen atoms in total. The first-order valence-corrected chi connectivity index (χ1v) is 6.95. The molecule has 7 heteroatoms. The highest BCUT2D eigenvalue weighted by molar-refractivity contribution is 9.10. The number of fused-ring (bicyclic) bond motifs is 1. The first-order valence-electron chi connectivity index (χ1n) is 5.62. The van der Waals surface area contributed by atoms with Crippen molar-refractivity contribution in [3.63, 3.8) is 0 Å². The molecule has 1 aromatic heterocycles. The maximum Gasteiger partial charge on any atom is 0.326 e. The van der Waals surface area contributed by atoms with E-state index in [1.165, 1.54) is 6.07 Å². The fraction of sp³-hybridized carbons (Fsp3) is 0.333. The van der Waals surface area contributed by atoms with Crippen LogP contribution in [0.2, 0.25) is 0 Å². The number of nitrogens with zero attached hydrogens (tertiary/aromatic N) is 2. The van der Waals surface area contributed by atoms with Gasteiger partial charge in [0.2, 0.25) is 0 Å². The average Bonchev–Trinajstić information content (AvgIpc) is 2.68. The Morgan fingerprint density at radius 3 is 2.95 bits per heavy atom. The van der Waals surface area contributed by atoms with E-state index in [2.05, 4.69) is 20.9 Å². The largest absolute Gasteiger partial charge is 0.465 e. The lowest BCUT2D eigenvalue weighted by Crippen LogP contribution is -2.15. The number of alkyl halides is 1. The summed E-state index contributed by atoms with van der Waals surface area (Å²) < 4.78 is 20.3. The maximum atomic E-state index is 13.5. The van der Waals surface area contributed by atoms with E-state index in [4.69, 9.17) is 16.3 Å². The molecule has 1 heterocycles. The Hall–Kier alpha value is -1.14. The number of hydrogen-bond donors (Lipinski definition) is 0. The molecule has 1 aromatic carbocycles. The van der Waals surface area contributed by atoms with Gasteiger partial charge in [-0.1, -0.05) is 0 Å². The number of imidazole rings is 1. The average molecular weight is 350 g/mol. The normalized spacial score (nSPS) is 10.9. The molecule has 0 radical (unpaired) electrons. The van der Waals surface area contributed by atoms with Crippen molar-refractivity contribution in [2.24, 2.45) is 0 Å². The Balaban J connectivity index is 2.50. The Kier molecular flexibility index (Phi) is 4.42. The molecule has 102 valence electrons. The molecule has 0 bridgehead atoms. The second kappa shape index (κ2) is 5.88. The highest BCUT2D eigenvalue weighted by Crippen LogP contribution is 2.25. The van der Waals surface area contributed by atoms with Gasteiger partial charge in [-0.2, -0.15) is 0 Å². The van der Waals surface area contributed by atoms with Gasteiger partial charge >= 0.3 is 5.97 Å². The number of ether oxygens (including phenoxy) is 1. The minimum absolute atomic E-state index is 0.00443. The van der Waals surface area contributed by atoms with Crippen molar-refractivity contribution in [1.29, 1.82) is 0 Å². The van der Waals surface area contributed by atoms with Crippen LogP contribution in [0.4, 0.5) is 4.39 Å². The molecule has 0 spiro atoms. The zero-order valence-corrected chi connectivity index (χ0v) is 12.5. The molecule has 2 rings (SSSR count). The van der Waals surface area contributed by atoms with Crippen molar-refractivity contribution in [3.8, 4) is 0 Å². The van der Waals surface area contributed by atoms with Gasteiger partial charge in [0.05, 0.1) is 28.0 Å². The third-order valence-corrected chi connectivity index (χ3v) is 3.43. The number of hydrogen-bond acceptors (Lipinski definition) is 3. The third kappa shape index (κ3) is 2.90. The Morgan fingerprint density at radius 1 is 1.58 bits per heavy atom. The lowest BCUT2D eigenvalue weighted by molar-refractivity contribution is -0.143. The summed E-state index contributed by atoms with van der Waals surface area (Å²) in [7, 11) is 0. The van der Waals surface area contributed by atoms with Crippen LogP contribution in [0.1, 0.15) is 12.7 Å². The molecular weight excluding hydrogens is 338 g/mol. The van der Waals surface area contributed by atoms with Crippen LogP contribution in [0.15, 0.2) is 16.6 Å². The second-order valence-corrected chi connectivity index (χ2v) is 4.93. The summed E-state index contributed by atoms with van der Waals surface area (Å²) >= 11 is 8.92. The molecule has 0 N–H and O–H groups in total. The van der Waals surface area contributed by atoms with E-state index in [0.717, 1.165) is 0 Å². The molecule has 0 fully saturated rings. The predicted molar refractivity (Wildman–Crippen MR) is 73.6 cm³/mol. The first kappa shape index (κ1) is 14.3. The Morgan fingerprint density at radius 2 is 2.32 bits per heavy atom. The molecule has 0 amide bonds. The number of carbonyl (C=O) groups is 1. The maximum absolute atomic E-state index is 13.5. The smallest absolute Gasteiger partial charge is 0.326 e. The van der Waals surface area contributed by atoms with Gasteiger partial charge in [-0.05, 0) is 28.9 Å². The van der Waals surface area contributed by atoms with Crippen molar-refractivity contribution in [2.45, 2.75) is 19.3 Å². The molecule has 0 saturated heterocycles. The fourth-order valence-electron chi connectivity index (χ4n) is 1.78. The van der Waals surface area contributed by atoms with Crippen LogP contribution in [0.3, 0.4) is 0 Å². The number of rotatable bonds is 4. The van der Waals surface area contributed by atoms with Crippen molar-refractivity contribution in [1.82, 2.24) is 9.55 Å². The van der Waals surface area contributed by atoms with Crippen LogP contribution < -0.4 is 0 Å². The van der Waals surface area contributed by atoms with Crippen molar-refractivity contribution < 1.29 is 13.9 Å². The van der Waals surface area contributed by atoms with Gasteiger partial charge in [0, 0.05) is 6.07 Å². The molecule has 0 aliphatic carbocycles. The summed E-state index contributed by atoms with van der Waals surface area (Å²) in [5.41, 5.74) is 1.10. The van der Waals surface area contributed by atoms with Crippen molar-refractivity contribution in [3.05, 3.63) is 28.2 Å². The monoisotopic (exact) mass is 348 g/mol. The number of halogens is 3. The topological polar surface area (TPSA) is 44.1 Å². The molecular formula is C12H11BrClFN2O2. The second-order valence-electron chi connectivity index (χ2n) is 3.81. The van der Waals surface area contributed by atoms with E-state index in [-0.39, 0.29) is 18.4 Å². The highest BCUT2D eigenvalue weighted by atomic mass is 79.9. The standard InChI is InChI=1S/C12H11BrClFN2O2/c1-2-19-12(18)6-17-10-3-7(13)8(15)4-9(10)16-11(17)5-14/h3-4H,2,5-6H2,1H3. The number of aromatic nitrogens is 2. The minimum atomic E-state index is -0.408. The summed E-state index contributed by atoms with van der Waals surface area (Å²) in [6, 6.07) is 2.88. The van der Waals surface area contributed by atoms with E-state index in [1.807, 2.05) is 0 Å². The van der Waals surface area contributed by atoms with E-state index in [0.29, 0.717) is 27.9 Å². The molecule has 0 saturated carbocycles. The highest BCUT2D eigenvalue weighted by Gasteiger charge is 2.15. The summed E-state index contributed by atoms with van der Waals surface area (Å²) in [5.74, 6) is -0.155. The minimum Gasteiger partial charge on any atom is -0.465 e. The van der Waals surface area contributed by atoms with E-state index in [9.17, 15) is 9.18 Å². The number of esters is 1. The van der Waals surface area contributed by atoms with Crippen molar-refractivity contribution in [2.75, 3.05) is 6.61 Å². The molecule has 0 unspecified atom stereocenters.